The smallest absolute Gasteiger partial charge is 0.307 e. The Bertz CT molecular complexity index is 215. The van der Waals surface area contributed by atoms with E-state index in [1.165, 1.54) is 18.7 Å². The molecule has 0 spiro atoms. The highest BCUT2D eigenvalue weighted by atomic mass is 32.2. The Hall–Kier alpha value is -0.510. The SMILES string of the molecule is CC(=O)SC1CCCCC1C(=O)O. The molecule has 4 heteroatoms. The van der Waals surface area contributed by atoms with Crippen LogP contribution in [-0.4, -0.2) is 21.4 Å². The molecule has 0 aromatic carbocycles. The lowest BCUT2D eigenvalue weighted by molar-refractivity contribution is -0.142. The monoisotopic (exact) mass is 202 g/mol. The molecule has 0 aromatic rings. The molecule has 3 nitrogen and oxygen atoms in total. The van der Waals surface area contributed by atoms with Gasteiger partial charge in [-0.3, -0.25) is 9.59 Å². The largest absolute Gasteiger partial charge is 0.481 e. The molecule has 2 unspecified atom stereocenters. The highest BCUT2D eigenvalue weighted by Gasteiger charge is 2.31. The van der Waals surface area contributed by atoms with Crippen molar-refractivity contribution in [2.45, 2.75) is 37.9 Å². The Morgan fingerprint density at radius 3 is 2.46 bits per heavy atom. The van der Waals surface area contributed by atoms with Crippen molar-refractivity contribution in [2.24, 2.45) is 5.92 Å². The highest BCUT2D eigenvalue weighted by Crippen LogP contribution is 2.33. The van der Waals surface area contributed by atoms with Crippen molar-refractivity contribution in [3.63, 3.8) is 0 Å². The van der Waals surface area contributed by atoms with E-state index < -0.39 is 5.97 Å². The third kappa shape index (κ3) is 3.03. The van der Waals surface area contributed by atoms with Crippen molar-refractivity contribution in [1.29, 1.82) is 0 Å². The lowest BCUT2D eigenvalue weighted by Crippen LogP contribution is -2.29. The van der Waals surface area contributed by atoms with Gasteiger partial charge in [-0.25, -0.2) is 0 Å². The summed E-state index contributed by atoms with van der Waals surface area (Å²) in [6.07, 6.45) is 3.61. The van der Waals surface area contributed by atoms with E-state index in [0.29, 0.717) is 0 Å². The van der Waals surface area contributed by atoms with E-state index in [0.717, 1.165) is 25.7 Å². The lowest BCUT2D eigenvalue weighted by Gasteiger charge is -2.26. The molecule has 0 radical (unpaired) electrons. The van der Waals surface area contributed by atoms with E-state index in [1.54, 1.807) is 0 Å². The molecule has 0 aromatic heterocycles. The standard InChI is InChI=1S/C9H14O3S/c1-6(10)13-8-5-3-2-4-7(8)9(11)12/h7-8H,2-5H2,1H3,(H,11,12). The molecular formula is C9H14O3S. The molecular weight excluding hydrogens is 188 g/mol. The van der Waals surface area contributed by atoms with E-state index in [-0.39, 0.29) is 16.3 Å². The summed E-state index contributed by atoms with van der Waals surface area (Å²) in [4.78, 5) is 21.7. The van der Waals surface area contributed by atoms with Gasteiger partial charge < -0.3 is 5.11 Å². The minimum atomic E-state index is -0.751. The van der Waals surface area contributed by atoms with Crippen LogP contribution in [0.3, 0.4) is 0 Å². The fraction of sp³-hybridized carbons (Fsp3) is 0.778. The minimum Gasteiger partial charge on any atom is -0.481 e. The summed E-state index contributed by atoms with van der Waals surface area (Å²) < 4.78 is 0. The average Bonchev–Trinajstić information content (AvgIpc) is 2.03. The van der Waals surface area contributed by atoms with Gasteiger partial charge >= 0.3 is 5.97 Å². The molecule has 1 aliphatic carbocycles. The van der Waals surface area contributed by atoms with Gasteiger partial charge in [0, 0.05) is 12.2 Å². The van der Waals surface area contributed by atoms with Gasteiger partial charge in [-0.05, 0) is 12.8 Å². The van der Waals surface area contributed by atoms with Crippen LogP contribution < -0.4 is 0 Å². The molecule has 1 saturated carbocycles. The van der Waals surface area contributed by atoms with Crippen molar-refractivity contribution in [2.75, 3.05) is 0 Å². The number of carboxylic acids is 1. The number of carboxylic acid groups (broad SMARTS) is 1. The van der Waals surface area contributed by atoms with E-state index >= 15 is 0 Å². The Labute approximate surface area is 81.9 Å². The molecule has 13 heavy (non-hydrogen) atoms. The van der Waals surface area contributed by atoms with Crippen LogP contribution in [0.25, 0.3) is 0 Å². The molecule has 1 rings (SSSR count). The minimum absolute atomic E-state index is 0.00347. The zero-order chi connectivity index (χ0) is 9.84. The summed E-state index contributed by atoms with van der Waals surface area (Å²) in [6.45, 7) is 1.50. The van der Waals surface area contributed by atoms with E-state index in [2.05, 4.69) is 0 Å². The Kier molecular flexibility index (Phi) is 3.78. The van der Waals surface area contributed by atoms with Gasteiger partial charge in [0.25, 0.3) is 0 Å². The molecule has 1 fully saturated rings. The maximum Gasteiger partial charge on any atom is 0.307 e. The average molecular weight is 202 g/mol. The molecule has 0 bridgehead atoms. The molecule has 1 aliphatic rings. The van der Waals surface area contributed by atoms with Crippen LogP contribution >= 0.6 is 11.8 Å². The van der Waals surface area contributed by atoms with Crippen molar-refractivity contribution in [1.82, 2.24) is 0 Å². The van der Waals surface area contributed by atoms with Gasteiger partial charge in [0.1, 0.15) is 0 Å². The fourth-order valence-corrected chi connectivity index (χ4v) is 2.86. The molecule has 0 aliphatic heterocycles. The zero-order valence-electron chi connectivity index (χ0n) is 7.66. The topological polar surface area (TPSA) is 54.4 Å². The van der Waals surface area contributed by atoms with Crippen molar-refractivity contribution in [3.8, 4) is 0 Å². The van der Waals surface area contributed by atoms with Gasteiger partial charge in [-0.1, -0.05) is 24.6 Å². The summed E-state index contributed by atoms with van der Waals surface area (Å²) in [7, 11) is 0. The molecule has 2 atom stereocenters. The second-order valence-electron chi connectivity index (χ2n) is 3.38. The Morgan fingerprint density at radius 1 is 1.31 bits per heavy atom. The first-order chi connectivity index (χ1) is 6.11. The second-order valence-corrected chi connectivity index (χ2v) is 4.79. The second kappa shape index (κ2) is 4.65. The van der Waals surface area contributed by atoms with Crippen LogP contribution in [0, 0.1) is 5.92 Å². The predicted octanol–water partition coefficient (Wildman–Crippen LogP) is 1.91. The van der Waals surface area contributed by atoms with Crippen LogP contribution in [0.4, 0.5) is 0 Å². The maximum atomic E-state index is 10.9. The number of hydrogen-bond donors (Lipinski definition) is 1. The van der Waals surface area contributed by atoms with Crippen LogP contribution in [0.5, 0.6) is 0 Å². The van der Waals surface area contributed by atoms with Crippen LogP contribution in [0.15, 0.2) is 0 Å². The molecule has 0 saturated heterocycles. The van der Waals surface area contributed by atoms with Crippen LogP contribution in [0.2, 0.25) is 0 Å². The van der Waals surface area contributed by atoms with Gasteiger partial charge in [-0.15, -0.1) is 0 Å². The third-order valence-electron chi connectivity index (χ3n) is 2.34. The predicted molar refractivity (Wildman–Crippen MR) is 51.7 cm³/mol. The van der Waals surface area contributed by atoms with E-state index in [9.17, 15) is 9.59 Å². The maximum absolute atomic E-state index is 10.9. The summed E-state index contributed by atoms with van der Waals surface area (Å²) in [5, 5.41) is 8.93. The molecule has 0 heterocycles. The first-order valence-corrected chi connectivity index (χ1v) is 5.39. The Morgan fingerprint density at radius 2 is 1.92 bits per heavy atom. The third-order valence-corrected chi connectivity index (χ3v) is 3.54. The van der Waals surface area contributed by atoms with Crippen molar-refractivity contribution < 1.29 is 14.7 Å². The highest BCUT2D eigenvalue weighted by molar-refractivity contribution is 8.14. The number of carbonyl (C=O) groups excluding carboxylic acids is 1. The summed E-state index contributed by atoms with van der Waals surface area (Å²) in [5.74, 6) is -1.07. The zero-order valence-corrected chi connectivity index (χ0v) is 8.47. The normalized spacial score (nSPS) is 28.4. The van der Waals surface area contributed by atoms with Gasteiger partial charge in [0.05, 0.1) is 5.92 Å². The van der Waals surface area contributed by atoms with Gasteiger partial charge in [-0.2, -0.15) is 0 Å². The fourth-order valence-electron chi connectivity index (χ4n) is 1.73. The van der Waals surface area contributed by atoms with Gasteiger partial charge in [0.2, 0.25) is 0 Å². The summed E-state index contributed by atoms with van der Waals surface area (Å²) in [5.41, 5.74) is 0. The molecule has 0 amide bonds. The van der Waals surface area contributed by atoms with Crippen LogP contribution in [0.1, 0.15) is 32.6 Å². The van der Waals surface area contributed by atoms with E-state index in [1.807, 2.05) is 0 Å². The van der Waals surface area contributed by atoms with Crippen molar-refractivity contribution in [3.05, 3.63) is 0 Å². The first-order valence-electron chi connectivity index (χ1n) is 4.51. The van der Waals surface area contributed by atoms with Gasteiger partial charge in [0.15, 0.2) is 5.12 Å². The lowest BCUT2D eigenvalue weighted by atomic mass is 9.89. The number of carbonyl (C=O) groups is 2. The number of rotatable bonds is 2. The molecule has 74 valence electrons. The Balaban J connectivity index is 2.56. The van der Waals surface area contributed by atoms with Crippen molar-refractivity contribution >= 4 is 22.8 Å². The summed E-state index contributed by atoms with van der Waals surface area (Å²) >= 11 is 1.19. The van der Waals surface area contributed by atoms with Crippen LogP contribution in [-0.2, 0) is 9.59 Å². The van der Waals surface area contributed by atoms with E-state index in [4.69, 9.17) is 5.11 Å². The number of aliphatic carboxylic acids is 1. The first kappa shape index (κ1) is 10.6. The quantitative estimate of drug-likeness (QED) is 0.743. The number of hydrogen-bond acceptors (Lipinski definition) is 3. The number of thioether (sulfide) groups is 1. The molecule has 1 N–H and O–H groups in total. The summed E-state index contributed by atoms with van der Waals surface area (Å²) in [6, 6.07) is 0.